The van der Waals surface area contributed by atoms with Gasteiger partial charge in [-0.05, 0) is 18.9 Å². The molecule has 20 heavy (non-hydrogen) atoms. The van der Waals surface area contributed by atoms with Crippen LogP contribution in [0.1, 0.15) is 89.9 Å². The van der Waals surface area contributed by atoms with Crippen LogP contribution in [0.4, 0.5) is 0 Å². The molecule has 116 valence electrons. The quantitative estimate of drug-likeness (QED) is 0.555. The summed E-state index contributed by atoms with van der Waals surface area (Å²) < 4.78 is 1.94. The smallest absolute Gasteiger partial charge is 0.0956 e. The van der Waals surface area contributed by atoms with E-state index in [1.807, 2.05) is 10.7 Å². The first-order chi connectivity index (χ1) is 9.79. The van der Waals surface area contributed by atoms with E-state index in [9.17, 15) is 5.11 Å². The first-order valence-corrected chi connectivity index (χ1v) is 8.49. The molecule has 0 spiro atoms. The Hall–Kier alpha value is -0.830. The number of aliphatic hydroxyl groups excluding tert-OH is 1. The third-order valence-corrected chi connectivity index (χ3v) is 3.86. The van der Waals surface area contributed by atoms with E-state index in [4.69, 9.17) is 0 Å². The van der Waals surface area contributed by atoms with E-state index in [0.717, 1.165) is 31.5 Å². The van der Waals surface area contributed by atoms with Crippen molar-refractivity contribution in [1.82, 2.24) is 9.78 Å². The van der Waals surface area contributed by atoms with Crippen LogP contribution in [0.2, 0.25) is 0 Å². The molecule has 0 aromatic carbocycles. The second-order valence-corrected chi connectivity index (χ2v) is 5.76. The summed E-state index contributed by atoms with van der Waals surface area (Å²) in [5.41, 5.74) is 0.981. The Labute approximate surface area is 124 Å². The molecule has 0 aliphatic heterocycles. The zero-order valence-corrected chi connectivity index (χ0v) is 13.4. The molecule has 1 N–H and O–H groups in total. The highest BCUT2D eigenvalue weighted by Crippen LogP contribution is 2.20. The lowest BCUT2D eigenvalue weighted by Gasteiger charge is -2.12. The molecule has 0 bridgehead atoms. The van der Waals surface area contributed by atoms with Gasteiger partial charge in [-0.1, -0.05) is 65.2 Å². The van der Waals surface area contributed by atoms with Crippen LogP contribution in [0.5, 0.6) is 0 Å². The summed E-state index contributed by atoms with van der Waals surface area (Å²) in [4.78, 5) is 0. The molecule has 1 aromatic rings. The first kappa shape index (κ1) is 17.2. The summed E-state index contributed by atoms with van der Waals surface area (Å²) in [5.74, 6) is 0. The highest BCUT2D eigenvalue weighted by atomic mass is 16.3. The zero-order chi connectivity index (χ0) is 14.6. The van der Waals surface area contributed by atoms with Crippen molar-refractivity contribution in [2.24, 2.45) is 0 Å². The monoisotopic (exact) mass is 280 g/mol. The van der Waals surface area contributed by atoms with Crippen LogP contribution in [-0.4, -0.2) is 14.9 Å². The summed E-state index contributed by atoms with van der Waals surface area (Å²) in [6, 6.07) is 1.95. The van der Waals surface area contributed by atoms with Crippen LogP contribution in [-0.2, 0) is 6.54 Å². The minimum absolute atomic E-state index is 0.343. The summed E-state index contributed by atoms with van der Waals surface area (Å²) in [6.07, 6.45) is 13.8. The fraction of sp³-hybridized carbons (Fsp3) is 0.824. The second-order valence-electron chi connectivity index (χ2n) is 5.76. The largest absolute Gasteiger partial charge is 0.387 e. The van der Waals surface area contributed by atoms with Crippen LogP contribution < -0.4 is 0 Å². The SMILES string of the molecule is CCCCCCCCCCC(O)c1ccnn1CCC. The Bertz CT molecular complexity index is 335. The molecular weight excluding hydrogens is 248 g/mol. The molecular formula is C17H32N2O. The molecule has 0 amide bonds. The van der Waals surface area contributed by atoms with Crippen molar-refractivity contribution in [2.45, 2.75) is 90.7 Å². The van der Waals surface area contributed by atoms with Gasteiger partial charge in [-0.15, -0.1) is 0 Å². The summed E-state index contributed by atoms with van der Waals surface area (Å²) in [5, 5.41) is 14.5. The first-order valence-electron chi connectivity index (χ1n) is 8.49. The van der Waals surface area contributed by atoms with E-state index < -0.39 is 0 Å². The average molecular weight is 280 g/mol. The lowest BCUT2D eigenvalue weighted by atomic mass is 10.0. The van der Waals surface area contributed by atoms with Crippen LogP contribution >= 0.6 is 0 Å². The topological polar surface area (TPSA) is 38.1 Å². The van der Waals surface area contributed by atoms with Gasteiger partial charge >= 0.3 is 0 Å². The summed E-state index contributed by atoms with van der Waals surface area (Å²) >= 11 is 0. The van der Waals surface area contributed by atoms with Crippen molar-refractivity contribution < 1.29 is 5.11 Å². The van der Waals surface area contributed by atoms with Gasteiger partial charge in [-0.25, -0.2) is 0 Å². The fourth-order valence-corrected chi connectivity index (χ4v) is 2.64. The third-order valence-electron chi connectivity index (χ3n) is 3.86. The highest BCUT2D eigenvalue weighted by Gasteiger charge is 2.12. The lowest BCUT2D eigenvalue weighted by molar-refractivity contribution is 0.152. The number of aliphatic hydroxyl groups is 1. The van der Waals surface area contributed by atoms with Gasteiger partial charge in [0.1, 0.15) is 0 Å². The van der Waals surface area contributed by atoms with Crippen molar-refractivity contribution in [3.63, 3.8) is 0 Å². The Morgan fingerprint density at radius 1 is 1.00 bits per heavy atom. The van der Waals surface area contributed by atoms with Crippen molar-refractivity contribution in [3.05, 3.63) is 18.0 Å². The van der Waals surface area contributed by atoms with E-state index in [1.165, 1.54) is 44.9 Å². The molecule has 0 saturated heterocycles. The summed E-state index contributed by atoms with van der Waals surface area (Å²) in [6.45, 7) is 5.29. The maximum atomic E-state index is 10.2. The minimum Gasteiger partial charge on any atom is -0.387 e. The maximum Gasteiger partial charge on any atom is 0.0956 e. The number of unbranched alkanes of at least 4 members (excludes halogenated alkanes) is 7. The fourth-order valence-electron chi connectivity index (χ4n) is 2.64. The molecule has 0 aliphatic rings. The molecule has 1 heterocycles. The minimum atomic E-state index is -0.343. The van der Waals surface area contributed by atoms with Crippen LogP contribution in [0.15, 0.2) is 12.3 Å². The van der Waals surface area contributed by atoms with Crippen molar-refractivity contribution in [3.8, 4) is 0 Å². The number of hydrogen-bond donors (Lipinski definition) is 1. The summed E-state index contributed by atoms with van der Waals surface area (Å²) in [7, 11) is 0. The van der Waals surface area contributed by atoms with Gasteiger partial charge < -0.3 is 5.11 Å². The average Bonchev–Trinajstić information content (AvgIpc) is 2.90. The van der Waals surface area contributed by atoms with Crippen molar-refractivity contribution in [1.29, 1.82) is 0 Å². The van der Waals surface area contributed by atoms with Crippen LogP contribution in [0.3, 0.4) is 0 Å². The predicted molar refractivity (Wildman–Crippen MR) is 84.7 cm³/mol. The molecule has 1 unspecified atom stereocenters. The normalized spacial score (nSPS) is 12.8. The Balaban J connectivity index is 2.10. The van der Waals surface area contributed by atoms with E-state index in [1.54, 1.807) is 6.20 Å². The molecule has 0 saturated carbocycles. The second kappa shape index (κ2) is 10.9. The van der Waals surface area contributed by atoms with Gasteiger partial charge in [0, 0.05) is 12.7 Å². The van der Waals surface area contributed by atoms with Gasteiger partial charge in [0.2, 0.25) is 0 Å². The maximum absolute atomic E-state index is 10.2. The molecule has 1 atom stereocenters. The number of hydrogen-bond acceptors (Lipinski definition) is 2. The van der Waals surface area contributed by atoms with Gasteiger partial charge in [0.05, 0.1) is 11.8 Å². The zero-order valence-electron chi connectivity index (χ0n) is 13.4. The third kappa shape index (κ3) is 6.56. The van der Waals surface area contributed by atoms with Crippen molar-refractivity contribution >= 4 is 0 Å². The molecule has 3 heteroatoms. The predicted octanol–water partition coefficient (Wildman–Crippen LogP) is 4.86. The van der Waals surface area contributed by atoms with E-state index in [0.29, 0.717) is 0 Å². The van der Waals surface area contributed by atoms with E-state index >= 15 is 0 Å². The molecule has 0 aliphatic carbocycles. The Kier molecular flexibility index (Phi) is 9.38. The van der Waals surface area contributed by atoms with Gasteiger partial charge in [-0.2, -0.15) is 5.10 Å². The number of rotatable bonds is 12. The number of aryl methyl sites for hydroxylation is 1. The van der Waals surface area contributed by atoms with E-state index in [2.05, 4.69) is 18.9 Å². The number of aromatic nitrogens is 2. The molecule has 0 radical (unpaired) electrons. The standard InChI is InChI=1S/C17H32N2O/c1-3-5-6-7-8-9-10-11-12-17(20)16-13-14-18-19(16)15-4-2/h13-14,17,20H,3-12,15H2,1-2H3. The van der Waals surface area contributed by atoms with Gasteiger partial charge in [0.25, 0.3) is 0 Å². The van der Waals surface area contributed by atoms with Crippen molar-refractivity contribution in [2.75, 3.05) is 0 Å². The molecule has 3 nitrogen and oxygen atoms in total. The number of nitrogens with zero attached hydrogens (tertiary/aromatic N) is 2. The Morgan fingerprint density at radius 2 is 1.65 bits per heavy atom. The molecule has 1 aromatic heterocycles. The molecule has 1 rings (SSSR count). The lowest BCUT2D eigenvalue weighted by Crippen LogP contribution is -2.09. The Morgan fingerprint density at radius 3 is 2.30 bits per heavy atom. The highest BCUT2D eigenvalue weighted by molar-refractivity contribution is 5.04. The van der Waals surface area contributed by atoms with Crippen LogP contribution in [0, 0.1) is 0 Å². The van der Waals surface area contributed by atoms with Gasteiger partial charge in [0.15, 0.2) is 0 Å². The van der Waals surface area contributed by atoms with E-state index in [-0.39, 0.29) is 6.10 Å². The molecule has 0 fully saturated rings. The van der Waals surface area contributed by atoms with Gasteiger partial charge in [-0.3, -0.25) is 4.68 Å². The van der Waals surface area contributed by atoms with Crippen LogP contribution in [0.25, 0.3) is 0 Å².